The first kappa shape index (κ1) is 23.9. The summed E-state index contributed by atoms with van der Waals surface area (Å²) in [4.78, 5) is 25.9. The summed E-state index contributed by atoms with van der Waals surface area (Å²) in [6.07, 6.45) is 2.02. The lowest BCUT2D eigenvalue weighted by molar-refractivity contribution is -0.136. The van der Waals surface area contributed by atoms with Gasteiger partial charge in [-0.1, -0.05) is 29.8 Å². The third-order valence-corrected chi connectivity index (χ3v) is 5.67. The minimum absolute atomic E-state index is 0.103. The maximum absolute atomic E-state index is 13.1. The minimum atomic E-state index is -0.743. The highest BCUT2D eigenvalue weighted by Crippen LogP contribution is 2.36. The highest BCUT2D eigenvalue weighted by molar-refractivity contribution is 6.03. The van der Waals surface area contributed by atoms with Crippen LogP contribution in [-0.2, 0) is 9.53 Å². The van der Waals surface area contributed by atoms with Gasteiger partial charge in [-0.25, -0.2) is 9.80 Å². The Morgan fingerprint density at radius 3 is 2.31 bits per heavy atom. The van der Waals surface area contributed by atoms with Crippen LogP contribution in [0, 0.1) is 6.92 Å². The number of methoxy groups -OCH3 is 3. The fourth-order valence-electron chi connectivity index (χ4n) is 3.82. The highest BCUT2D eigenvalue weighted by Gasteiger charge is 2.35. The topological polar surface area (TPSA) is 99.8 Å². The van der Waals surface area contributed by atoms with E-state index in [0.717, 1.165) is 16.8 Å². The van der Waals surface area contributed by atoms with Crippen LogP contribution in [0.1, 0.15) is 39.7 Å². The van der Waals surface area contributed by atoms with E-state index in [1.54, 1.807) is 18.4 Å². The standard InChI is InChI=1S/C26H26N2O7/c1-16-7-9-17(10-8-16)19-13-20(21-6-5-11-34-21)28(27-19)25(29)15-35-26(30)18-12-23(32-3)24(33-4)14-22(18)31-2/h5-12,14,20H,13,15H2,1-4H3. The molecule has 1 atom stereocenters. The minimum Gasteiger partial charge on any atom is -0.496 e. The molecule has 2 aromatic carbocycles. The number of ether oxygens (including phenoxy) is 4. The maximum atomic E-state index is 13.1. The summed E-state index contributed by atoms with van der Waals surface area (Å²) in [5, 5.41) is 5.86. The Bertz CT molecular complexity index is 1230. The Morgan fingerprint density at radius 2 is 1.69 bits per heavy atom. The van der Waals surface area contributed by atoms with Crippen molar-refractivity contribution in [3.8, 4) is 17.2 Å². The molecule has 3 aromatic rings. The predicted molar refractivity (Wildman–Crippen MR) is 127 cm³/mol. The molecule has 9 nitrogen and oxygen atoms in total. The van der Waals surface area contributed by atoms with Crippen molar-refractivity contribution in [2.24, 2.45) is 5.10 Å². The van der Waals surface area contributed by atoms with Crippen LogP contribution >= 0.6 is 0 Å². The van der Waals surface area contributed by atoms with Crippen LogP contribution in [0.2, 0.25) is 0 Å². The Balaban J connectivity index is 1.53. The maximum Gasteiger partial charge on any atom is 0.342 e. The molecule has 0 fully saturated rings. The number of nitrogens with zero attached hydrogens (tertiary/aromatic N) is 2. The molecule has 0 spiro atoms. The molecule has 35 heavy (non-hydrogen) atoms. The summed E-state index contributed by atoms with van der Waals surface area (Å²) in [5.74, 6) is 0.324. The van der Waals surface area contributed by atoms with Gasteiger partial charge >= 0.3 is 5.97 Å². The summed E-state index contributed by atoms with van der Waals surface area (Å²) in [5.41, 5.74) is 2.88. The van der Waals surface area contributed by atoms with Gasteiger partial charge in [0.1, 0.15) is 23.1 Å². The lowest BCUT2D eigenvalue weighted by Gasteiger charge is -2.20. The van der Waals surface area contributed by atoms with E-state index < -0.39 is 24.5 Å². The number of hydrogen-bond donors (Lipinski definition) is 0. The predicted octanol–water partition coefficient (Wildman–Crippen LogP) is 4.15. The zero-order valence-corrected chi connectivity index (χ0v) is 19.9. The average Bonchev–Trinajstić information content (AvgIpc) is 3.57. The summed E-state index contributed by atoms with van der Waals surface area (Å²) in [6, 6.07) is 14.0. The number of hydrogen-bond acceptors (Lipinski definition) is 8. The molecule has 1 aliphatic heterocycles. The molecule has 9 heteroatoms. The van der Waals surface area contributed by atoms with Crippen molar-refractivity contribution in [2.45, 2.75) is 19.4 Å². The van der Waals surface area contributed by atoms with E-state index in [4.69, 9.17) is 23.4 Å². The van der Waals surface area contributed by atoms with Crippen molar-refractivity contribution in [2.75, 3.05) is 27.9 Å². The molecule has 0 aliphatic carbocycles. The van der Waals surface area contributed by atoms with Gasteiger partial charge in [-0.2, -0.15) is 5.10 Å². The van der Waals surface area contributed by atoms with Crippen molar-refractivity contribution >= 4 is 17.6 Å². The molecule has 0 saturated carbocycles. The van der Waals surface area contributed by atoms with E-state index in [-0.39, 0.29) is 11.3 Å². The fourth-order valence-corrected chi connectivity index (χ4v) is 3.82. The van der Waals surface area contributed by atoms with Gasteiger partial charge in [0.15, 0.2) is 18.1 Å². The number of rotatable bonds is 8. The lowest BCUT2D eigenvalue weighted by Crippen LogP contribution is -2.31. The lowest BCUT2D eigenvalue weighted by atomic mass is 10.0. The Hall–Kier alpha value is -4.27. The van der Waals surface area contributed by atoms with E-state index in [9.17, 15) is 9.59 Å². The summed E-state index contributed by atoms with van der Waals surface area (Å²) >= 11 is 0. The van der Waals surface area contributed by atoms with Crippen LogP contribution in [0.5, 0.6) is 17.2 Å². The highest BCUT2D eigenvalue weighted by atomic mass is 16.5. The number of carbonyl (C=O) groups is 2. The molecule has 0 bridgehead atoms. The van der Waals surface area contributed by atoms with E-state index in [2.05, 4.69) is 5.10 Å². The van der Waals surface area contributed by atoms with Crippen molar-refractivity contribution in [1.29, 1.82) is 0 Å². The number of benzene rings is 2. The van der Waals surface area contributed by atoms with Crippen LogP contribution in [0.25, 0.3) is 0 Å². The Labute approximate surface area is 202 Å². The number of aryl methyl sites for hydroxylation is 1. The van der Waals surface area contributed by atoms with Gasteiger partial charge in [0.2, 0.25) is 0 Å². The van der Waals surface area contributed by atoms with Gasteiger partial charge in [-0.15, -0.1) is 0 Å². The van der Waals surface area contributed by atoms with Gasteiger partial charge in [-0.05, 0) is 24.6 Å². The number of hydrazone groups is 1. The molecule has 2 heterocycles. The van der Waals surface area contributed by atoms with Gasteiger partial charge in [-0.3, -0.25) is 4.79 Å². The van der Waals surface area contributed by atoms with Crippen molar-refractivity contribution < 1.29 is 33.0 Å². The molecule has 182 valence electrons. The second-order valence-corrected chi connectivity index (χ2v) is 7.87. The monoisotopic (exact) mass is 478 g/mol. The van der Waals surface area contributed by atoms with Gasteiger partial charge in [0.05, 0.1) is 33.3 Å². The number of carbonyl (C=O) groups excluding carboxylic acids is 2. The summed E-state index contributed by atoms with van der Waals surface area (Å²) in [6.45, 7) is 1.49. The molecule has 1 unspecified atom stereocenters. The molecular formula is C26H26N2O7. The van der Waals surface area contributed by atoms with Gasteiger partial charge in [0, 0.05) is 18.6 Å². The third-order valence-electron chi connectivity index (χ3n) is 5.67. The second-order valence-electron chi connectivity index (χ2n) is 7.87. The molecule has 0 N–H and O–H groups in total. The van der Waals surface area contributed by atoms with Crippen LogP contribution in [0.4, 0.5) is 0 Å². The number of amides is 1. The molecule has 1 amide bonds. The molecule has 1 aliphatic rings. The first-order valence-corrected chi connectivity index (χ1v) is 10.9. The quantitative estimate of drug-likeness (QED) is 0.449. The molecule has 0 saturated heterocycles. The fraction of sp³-hybridized carbons (Fsp3) is 0.269. The summed E-state index contributed by atoms with van der Waals surface area (Å²) in [7, 11) is 4.35. The SMILES string of the molecule is COc1cc(OC)c(C(=O)OCC(=O)N2N=C(c3ccc(C)cc3)CC2c2ccco2)cc1OC. The van der Waals surface area contributed by atoms with Gasteiger partial charge in [0.25, 0.3) is 5.91 Å². The Kier molecular flexibility index (Phi) is 7.05. The van der Waals surface area contributed by atoms with Crippen LogP contribution in [-0.4, -0.2) is 50.5 Å². The van der Waals surface area contributed by atoms with Crippen LogP contribution in [0.15, 0.2) is 64.3 Å². The zero-order chi connectivity index (χ0) is 24.9. The van der Waals surface area contributed by atoms with Crippen molar-refractivity contribution in [1.82, 2.24) is 5.01 Å². The summed E-state index contributed by atoms with van der Waals surface area (Å²) < 4.78 is 26.7. The number of furan rings is 1. The van der Waals surface area contributed by atoms with E-state index in [0.29, 0.717) is 23.7 Å². The molecule has 4 rings (SSSR count). The van der Waals surface area contributed by atoms with Gasteiger partial charge < -0.3 is 23.4 Å². The largest absolute Gasteiger partial charge is 0.496 e. The Morgan fingerprint density at radius 1 is 1.00 bits per heavy atom. The van der Waals surface area contributed by atoms with Crippen LogP contribution in [0.3, 0.4) is 0 Å². The number of esters is 1. The average molecular weight is 479 g/mol. The van der Waals surface area contributed by atoms with E-state index in [1.807, 2.05) is 31.2 Å². The third kappa shape index (κ3) is 4.98. The molecule has 0 radical (unpaired) electrons. The second kappa shape index (κ2) is 10.3. The van der Waals surface area contributed by atoms with Crippen LogP contribution < -0.4 is 14.2 Å². The smallest absolute Gasteiger partial charge is 0.342 e. The van der Waals surface area contributed by atoms with E-state index >= 15 is 0 Å². The zero-order valence-electron chi connectivity index (χ0n) is 19.9. The molecular weight excluding hydrogens is 452 g/mol. The van der Waals surface area contributed by atoms with E-state index in [1.165, 1.54) is 38.5 Å². The molecule has 1 aromatic heterocycles. The first-order chi connectivity index (χ1) is 16.9. The normalized spacial score (nSPS) is 14.9. The van der Waals surface area contributed by atoms with Crippen molar-refractivity contribution in [3.05, 3.63) is 77.2 Å². The first-order valence-electron chi connectivity index (χ1n) is 10.9. The van der Waals surface area contributed by atoms with Crippen molar-refractivity contribution in [3.63, 3.8) is 0 Å².